The molecule has 2 aliphatic rings. The van der Waals surface area contributed by atoms with Gasteiger partial charge in [0.15, 0.2) is 0 Å². The minimum Gasteiger partial charge on any atom is -0.392 e. The SMILES string of the molecule is OCc1cc(F)ccc1N(CC1CC1)CC1CC1. The Hall–Kier alpha value is -1.09. The van der Waals surface area contributed by atoms with Crippen LogP contribution in [-0.2, 0) is 6.61 Å². The highest BCUT2D eigenvalue weighted by Gasteiger charge is 2.30. The van der Waals surface area contributed by atoms with Crippen molar-refractivity contribution in [2.45, 2.75) is 32.3 Å². The van der Waals surface area contributed by atoms with Crippen LogP contribution < -0.4 is 4.90 Å². The first-order valence-electron chi connectivity index (χ1n) is 6.90. The average molecular weight is 249 g/mol. The Morgan fingerprint density at radius 3 is 2.22 bits per heavy atom. The molecule has 0 bridgehead atoms. The summed E-state index contributed by atoms with van der Waals surface area (Å²) in [5.41, 5.74) is 1.74. The van der Waals surface area contributed by atoms with E-state index < -0.39 is 0 Å². The van der Waals surface area contributed by atoms with E-state index >= 15 is 0 Å². The second-order valence-corrected chi connectivity index (χ2v) is 5.72. The van der Waals surface area contributed by atoms with Crippen molar-refractivity contribution < 1.29 is 9.50 Å². The van der Waals surface area contributed by atoms with Gasteiger partial charge in [-0.05, 0) is 55.7 Å². The number of aliphatic hydroxyl groups excluding tert-OH is 1. The lowest BCUT2D eigenvalue weighted by molar-refractivity contribution is 0.281. The molecule has 3 rings (SSSR count). The van der Waals surface area contributed by atoms with E-state index in [4.69, 9.17) is 0 Å². The van der Waals surface area contributed by atoms with Gasteiger partial charge in [-0.2, -0.15) is 0 Å². The Kier molecular flexibility index (Phi) is 3.25. The maximum Gasteiger partial charge on any atom is 0.123 e. The zero-order chi connectivity index (χ0) is 12.5. The molecule has 1 N–H and O–H groups in total. The molecule has 0 unspecified atom stereocenters. The van der Waals surface area contributed by atoms with Crippen molar-refractivity contribution in [3.8, 4) is 0 Å². The largest absolute Gasteiger partial charge is 0.392 e. The topological polar surface area (TPSA) is 23.5 Å². The van der Waals surface area contributed by atoms with Crippen molar-refractivity contribution >= 4 is 5.69 Å². The number of anilines is 1. The Morgan fingerprint density at radius 2 is 1.72 bits per heavy atom. The molecule has 2 aliphatic carbocycles. The van der Waals surface area contributed by atoms with Gasteiger partial charge in [-0.1, -0.05) is 0 Å². The maximum atomic E-state index is 13.2. The number of hydrogen-bond donors (Lipinski definition) is 1. The molecule has 2 nitrogen and oxygen atoms in total. The molecule has 0 spiro atoms. The zero-order valence-corrected chi connectivity index (χ0v) is 10.6. The Balaban J connectivity index is 1.81. The number of benzene rings is 1. The predicted molar refractivity (Wildman–Crippen MR) is 70.0 cm³/mol. The van der Waals surface area contributed by atoms with E-state index in [1.165, 1.54) is 37.8 Å². The highest BCUT2D eigenvalue weighted by molar-refractivity contribution is 5.54. The van der Waals surface area contributed by atoms with Gasteiger partial charge in [0.2, 0.25) is 0 Å². The Labute approximate surface area is 107 Å². The van der Waals surface area contributed by atoms with Crippen LogP contribution in [-0.4, -0.2) is 18.2 Å². The van der Waals surface area contributed by atoms with E-state index in [1.807, 2.05) is 6.07 Å². The third-order valence-electron chi connectivity index (χ3n) is 3.90. The Bertz CT molecular complexity index is 413. The highest BCUT2D eigenvalue weighted by atomic mass is 19.1. The number of aliphatic hydroxyl groups is 1. The molecule has 0 aromatic heterocycles. The summed E-state index contributed by atoms with van der Waals surface area (Å²) in [7, 11) is 0. The fourth-order valence-electron chi connectivity index (χ4n) is 2.48. The second kappa shape index (κ2) is 4.88. The third kappa shape index (κ3) is 2.83. The molecule has 1 aromatic carbocycles. The minimum atomic E-state index is -0.263. The van der Waals surface area contributed by atoms with E-state index in [1.54, 1.807) is 0 Å². The molecule has 18 heavy (non-hydrogen) atoms. The molecule has 0 amide bonds. The molecule has 0 atom stereocenters. The van der Waals surface area contributed by atoms with Gasteiger partial charge < -0.3 is 10.0 Å². The van der Waals surface area contributed by atoms with Crippen molar-refractivity contribution in [3.05, 3.63) is 29.6 Å². The van der Waals surface area contributed by atoms with Crippen LogP contribution in [0.3, 0.4) is 0 Å². The van der Waals surface area contributed by atoms with Gasteiger partial charge in [-0.15, -0.1) is 0 Å². The first-order valence-corrected chi connectivity index (χ1v) is 6.90. The summed E-state index contributed by atoms with van der Waals surface area (Å²) < 4.78 is 13.2. The normalized spacial score (nSPS) is 19.0. The molecule has 0 heterocycles. The summed E-state index contributed by atoms with van der Waals surface area (Å²) >= 11 is 0. The monoisotopic (exact) mass is 249 g/mol. The standard InChI is InChI=1S/C15H20FNO/c16-14-5-6-15(13(7-14)10-18)17(8-11-1-2-11)9-12-3-4-12/h5-7,11-12,18H,1-4,8-10H2. The molecular weight excluding hydrogens is 229 g/mol. The van der Waals surface area contributed by atoms with Crippen LogP contribution in [0.1, 0.15) is 31.2 Å². The quantitative estimate of drug-likeness (QED) is 0.838. The van der Waals surface area contributed by atoms with Crippen molar-refractivity contribution in [2.24, 2.45) is 11.8 Å². The number of nitrogens with zero attached hydrogens (tertiary/aromatic N) is 1. The summed E-state index contributed by atoms with van der Waals surface area (Å²) in [6, 6.07) is 4.79. The van der Waals surface area contributed by atoms with Crippen molar-refractivity contribution in [2.75, 3.05) is 18.0 Å². The number of rotatable bonds is 6. The zero-order valence-electron chi connectivity index (χ0n) is 10.6. The van der Waals surface area contributed by atoms with Crippen LogP contribution in [0.25, 0.3) is 0 Å². The van der Waals surface area contributed by atoms with E-state index in [2.05, 4.69) is 4.90 Å². The molecule has 98 valence electrons. The van der Waals surface area contributed by atoms with Crippen LogP contribution in [0.4, 0.5) is 10.1 Å². The van der Waals surface area contributed by atoms with E-state index in [9.17, 15) is 9.50 Å². The summed E-state index contributed by atoms with van der Waals surface area (Å²) in [6.07, 6.45) is 5.27. The van der Waals surface area contributed by atoms with Gasteiger partial charge in [0.25, 0.3) is 0 Å². The molecule has 3 heteroatoms. The van der Waals surface area contributed by atoms with Crippen molar-refractivity contribution in [1.82, 2.24) is 0 Å². The Morgan fingerprint density at radius 1 is 1.11 bits per heavy atom. The first kappa shape index (κ1) is 12.0. The van der Waals surface area contributed by atoms with Gasteiger partial charge in [-0.3, -0.25) is 0 Å². The lowest BCUT2D eigenvalue weighted by Gasteiger charge is -2.27. The van der Waals surface area contributed by atoms with Crippen molar-refractivity contribution in [1.29, 1.82) is 0 Å². The lowest BCUT2D eigenvalue weighted by atomic mass is 10.1. The fourth-order valence-corrected chi connectivity index (χ4v) is 2.48. The van der Waals surface area contributed by atoms with Gasteiger partial charge in [0.1, 0.15) is 5.82 Å². The number of hydrogen-bond acceptors (Lipinski definition) is 2. The third-order valence-corrected chi connectivity index (χ3v) is 3.90. The molecule has 0 radical (unpaired) electrons. The second-order valence-electron chi connectivity index (χ2n) is 5.72. The minimum absolute atomic E-state index is 0.0844. The molecular formula is C15H20FNO. The number of halogens is 1. The van der Waals surface area contributed by atoms with Crippen LogP contribution >= 0.6 is 0 Å². The molecule has 0 saturated heterocycles. The lowest BCUT2D eigenvalue weighted by Crippen LogP contribution is -2.29. The van der Waals surface area contributed by atoms with Crippen LogP contribution in [0.2, 0.25) is 0 Å². The molecule has 2 saturated carbocycles. The van der Waals surface area contributed by atoms with Crippen molar-refractivity contribution in [3.63, 3.8) is 0 Å². The van der Waals surface area contributed by atoms with Crippen LogP contribution in [0, 0.1) is 17.7 Å². The van der Waals surface area contributed by atoms with Crippen LogP contribution in [0.15, 0.2) is 18.2 Å². The fraction of sp³-hybridized carbons (Fsp3) is 0.600. The summed E-state index contributed by atoms with van der Waals surface area (Å²) in [5.74, 6) is 1.35. The average Bonchev–Trinajstić information content (AvgIpc) is 3.23. The summed E-state index contributed by atoms with van der Waals surface area (Å²) in [5, 5.41) is 9.40. The van der Waals surface area contributed by atoms with Gasteiger partial charge in [-0.25, -0.2) is 4.39 Å². The molecule has 2 fully saturated rings. The maximum absolute atomic E-state index is 13.2. The van der Waals surface area contributed by atoms with Gasteiger partial charge in [0.05, 0.1) is 6.61 Å². The first-order chi connectivity index (χ1) is 8.76. The molecule has 1 aromatic rings. The van der Waals surface area contributed by atoms with E-state index in [-0.39, 0.29) is 12.4 Å². The van der Waals surface area contributed by atoms with Gasteiger partial charge >= 0.3 is 0 Å². The van der Waals surface area contributed by atoms with E-state index in [0.29, 0.717) is 0 Å². The van der Waals surface area contributed by atoms with Crippen LogP contribution in [0.5, 0.6) is 0 Å². The van der Waals surface area contributed by atoms with Gasteiger partial charge in [0, 0.05) is 24.3 Å². The predicted octanol–water partition coefficient (Wildman–Crippen LogP) is 2.94. The van der Waals surface area contributed by atoms with E-state index in [0.717, 1.165) is 36.2 Å². The summed E-state index contributed by atoms with van der Waals surface area (Å²) in [4.78, 5) is 2.36. The molecule has 0 aliphatic heterocycles. The highest BCUT2D eigenvalue weighted by Crippen LogP contribution is 2.36. The summed E-state index contributed by atoms with van der Waals surface area (Å²) in [6.45, 7) is 2.04. The smallest absolute Gasteiger partial charge is 0.123 e.